The van der Waals surface area contributed by atoms with Gasteiger partial charge in [-0.25, -0.2) is 9.50 Å². The molecule has 2 aromatic heterocycles. The van der Waals surface area contributed by atoms with E-state index in [2.05, 4.69) is 15.4 Å². The van der Waals surface area contributed by atoms with E-state index in [1.165, 1.54) is 7.11 Å². The molecule has 0 bridgehead atoms. The molecule has 1 aliphatic heterocycles. The molecule has 0 aliphatic carbocycles. The summed E-state index contributed by atoms with van der Waals surface area (Å²) in [7, 11) is 1.48. The van der Waals surface area contributed by atoms with Gasteiger partial charge >= 0.3 is 6.18 Å². The summed E-state index contributed by atoms with van der Waals surface area (Å²) in [5.41, 5.74) is -1.22. The summed E-state index contributed by atoms with van der Waals surface area (Å²) in [4.78, 5) is 16.8. The summed E-state index contributed by atoms with van der Waals surface area (Å²) in [6, 6.07) is 7.24. The molecule has 1 N–H and O–H groups in total. The number of carbonyl (C=O) groups is 1. The standard InChI is InChI=1S/C20H18ClF3N4O3/c1-30-12-6-4-11(5-7-12)14-9-15(20(22,23)24)28-18(26-14)16(21)17(27-28)19(29)25-10-13-3-2-8-31-13/h4-7,9,13H,2-3,8,10H2,1H3,(H,25,29)/t13-/m0/s1. The van der Waals surface area contributed by atoms with E-state index in [1.807, 2.05) is 0 Å². The van der Waals surface area contributed by atoms with Crippen molar-refractivity contribution in [3.63, 3.8) is 0 Å². The number of methoxy groups -OCH3 is 1. The Morgan fingerprint density at radius 2 is 2.10 bits per heavy atom. The van der Waals surface area contributed by atoms with Gasteiger partial charge in [-0.1, -0.05) is 11.6 Å². The average Bonchev–Trinajstić information content (AvgIpc) is 3.39. The predicted molar refractivity (Wildman–Crippen MR) is 106 cm³/mol. The molecule has 1 saturated heterocycles. The smallest absolute Gasteiger partial charge is 0.433 e. The fraction of sp³-hybridized carbons (Fsp3) is 0.350. The van der Waals surface area contributed by atoms with Gasteiger partial charge in [-0.2, -0.15) is 18.3 Å². The molecular weight excluding hydrogens is 437 g/mol. The maximum absolute atomic E-state index is 13.8. The first-order valence-corrected chi connectivity index (χ1v) is 9.86. The number of benzene rings is 1. The van der Waals surface area contributed by atoms with Crippen LogP contribution in [0.3, 0.4) is 0 Å². The Kier molecular flexibility index (Phi) is 5.76. The van der Waals surface area contributed by atoms with E-state index in [0.29, 0.717) is 22.4 Å². The summed E-state index contributed by atoms with van der Waals surface area (Å²) >= 11 is 6.25. The minimum atomic E-state index is -4.75. The zero-order chi connectivity index (χ0) is 22.2. The Labute approximate surface area is 180 Å². The fourth-order valence-electron chi connectivity index (χ4n) is 3.34. The number of aromatic nitrogens is 3. The van der Waals surface area contributed by atoms with Crippen LogP contribution in [-0.2, 0) is 10.9 Å². The van der Waals surface area contributed by atoms with Crippen LogP contribution >= 0.6 is 11.6 Å². The lowest BCUT2D eigenvalue weighted by Crippen LogP contribution is -2.32. The van der Waals surface area contributed by atoms with Crippen molar-refractivity contribution in [1.29, 1.82) is 0 Å². The SMILES string of the molecule is COc1ccc(-c2cc(C(F)(F)F)n3nc(C(=O)NC[C@@H]4CCCO4)c(Cl)c3n2)cc1. The minimum absolute atomic E-state index is 0.0376. The Balaban J connectivity index is 1.75. The molecule has 1 fully saturated rings. The van der Waals surface area contributed by atoms with Gasteiger partial charge in [0.15, 0.2) is 17.0 Å². The van der Waals surface area contributed by atoms with Crippen molar-refractivity contribution >= 4 is 23.2 Å². The normalized spacial score (nSPS) is 16.6. The Morgan fingerprint density at radius 1 is 1.35 bits per heavy atom. The van der Waals surface area contributed by atoms with E-state index in [9.17, 15) is 18.0 Å². The van der Waals surface area contributed by atoms with Gasteiger partial charge < -0.3 is 14.8 Å². The molecule has 0 spiro atoms. The molecule has 164 valence electrons. The lowest BCUT2D eigenvalue weighted by molar-refractivity contribution is -0.142. The van der Waals surface area contributed by atoms with Gasteiger partial charge in [0.05, 0.1) is 18.9 Å². The van der Waals surface area contributed by atoms with Gasteiger partial charge in [-0.05, 0) is 43.2 Å². The van der Waals surface area contributed by atoms with Crippen LogP contribution in [0.25, 0.3) is 16.9 Å². The minimum Gasteiger partial charge on any atom is -0.497 e. The zero-order valence-corrected chi connectivity index (χ0v) is 17.1. The molecule has 3 aromatic rings. The number of halogens is 4. The molecule has 7 nitrogen and oxygen atoms in total. The molecule has 1 aromatic carbocycles. The van der Waals surface area contributed by atoms with E-state index in [1.54, 1.807) is 24.3 Å². The lowest BCUT2D eigenvalue weighted by Gasteiger charge is -2.11. The molecule has 0 unspecified atom stereocenters. The van der Waals surface area contributed by atoms with E-state index in [0.717, 1.165) is 18.9 Å². The van der Waals surface area contributed by atoms with Crippen molar-refractivity contribution in [3.8, 4) is 17.0 Å². The molecule has 31 heavy (non-hydrogen) atoms. The van der Waals surface area contributed by atoms with E-state index >= 15 is 0 Å². The first-order valence-electron chi connectivity index (χ1n) is 9.48. The lowest BCUT2D eigenvalue weighted by atomic mass is 10.1. The highest BCUT2D eigenvalue weighted by molar-refractivity contribution is 6.36. The predicted octanol–water partition coefficient (Wildman–Crippen LogP) is 3.99. The molecular formula is C20H18ClF3N4O3. The Morgan fingerprint density at radius 3 is 2.71 bits per heavy atom. The number of hydrogen-bond acceptors (Lipinski definition) is 5. The molecule has 11 heteroatoms. The van der Waals surface area contributed by atoms with E-state index < -0.39 is 17.8 Å². The van der Waals surface area contributed by atoms with Gasteiger partial charge in [0, 0.05) is 18.7 Å². The number of nitrogens with one attached hydrogen (secondary N) is 1. The van der Waals surface area contributed by atoms with Gasteiger partial charge in [-0.3, -0.25) is 4.79 Å². The molecule has 3 heterocycles. The molecule has 1 aliphatic rings. The molecule has 4 rings (SSSR count). The second-order valence-electron chi connectivity index (χ2n) is 7.00. The zero-order valence-electron chi connectivity index (χ0n) is 16.4. The Bertz CT molecular complexity index is 1110. The maximum atomic E-state index is 13.8. The highest BCUT2D eigenvalue weighted by Gasteiger charge is 2.36. The van der Waals surface area contributed by atoms with Crippen LogP contribution < -0.4 is 10.1 Å². The maximum Gasteiger partial charge on any atom is 0.433 e. The average molecular weight is 455 g/mol. The van der Waals surface area contributed by atoms with E-state index in [-0.39, 0.29) is 34.7 Å². The number of rotatable bonds is 5. The molecule has 1 atom stereocenters. The monoisotopic (exact) mass is 454 g/mol. The van der Waals surface area contributed by atoms with Gasteiger partial charge in [0.2, 0.25) is 0 Å². The van der Waals surface area contributed by atoms with Crippen molar-refractivity contribution in [2.24, 2.45) is 0 Å². The summed E-state index contributed by atoms with van der Waals surface area (Å²) in [5.74, 6) is -0.140. The van der Waals surface area contributed by atoms with Crippen LogP contribution in [0.1, 0.15) is 29.0 Å². The third kappa shape index (κ3) is 4.31. The topological polar surface area (TPSA) is 77.8 Å². The number of ether oxygens (including phenoxy) is 2. The van der Waals surface area contributed by atoms with Crippen molar-refractivity contribution in [1.82, 2.24) is 19.9 Å². The number of fused-ring (bicyclic) bond motifs is 1. The fourth-order valence-corrected chi connectivity index (χ4v) is 3.59. The summed E-state index contributed by atoms with van der Waals surface area (Å²) in [6.07, 6.45) is -3.19. The van der Waals surface area contributed by atoms with Crippen LogP contribution in [0.5, 0.6) is 5.75 Å². The number of nitrogens with zero attached hydrogens (tertiary/aromatic N) is 3. The van der Waals surface area contributed by atoms with Crippen LogP contribution in [0.15, 0.2) is 30.3 Å². The van der Waals surface area contributed by atoms with Crippen LogP contribution in [0.4, 0.5) is 13.2 Å². The van der Waals surface area contributed by atoms with Gasteiger partial charge in [-0.15, -0.1) is 0 Å². The second-order valence-corrected chi connectivity index (χ2v) is 7.37. The largest absolute Gasteiger partial charge is 0.497 e. The Hall–Kier alpha value is -2.85. The first kappa shape index (κ1) is 21.4. The summed E-state index contributed by atoms with van der Waals surface area (Å²) in [5, 5.41) is 6.17. The van der Waals surface area contributed by atoms with Crippen LogP contribution in [-0.4, -0.2) is 46.9 Å². The van der Waals surface area contributed by atoms with Gasteiger partial charge in [0.1, 0.15) is 10.8 Å². The third-order valence-corrected chi connectivity index (χ3v) is 5.29. The number of carbonyl (C=O) groups excluding carboxylic acids is 1. The second kappa shape index (κ2) is 8.35. The molecule has 0 radical (unpaired) electrons. The number of alkyl halides is 3. The highest BCUT2D eigenvalue weighted by atomic mass is 35.5. The van der Waals surface area contributed by atoms with Crippen LogP contribution in [0, 0.1) is 0 Å². The number of amides is 1. The number of hydrogen-bond donors (Lipinski definition) is 1. The third-order valence-electron chi connectivity index (χ3n) is 4.94. The molecule has 0 saturated carbocycles. The summed E-state index contributed by atoms with van der Waals surface area (Å²) < 4.78 is 52.3. The van der Waals surface area contributed by atoms with E-state index in [4.69, 9.17) is 21.1 Å². The van der Waals surface area contributed by atoms with Crippen molar-refractivity contribution in [3.05, 3.63) is 46.7 Å². The molecule has 1 amide bonds. The van der Waals surface area contributed by atoms with Crippen molar-refractivity contribution < 1.29 is 27.4 Å². The van der Waals surface area contributed by atoms with Crippen molar-refractivity contribution in [2.45, 2.75) is 25.1 Å². The quantitative estimate of drug-likeness (QED) is 0.631. The summed E-state index contributed by atoms with van der Waals surface area (Å²) in [6.45, 7) is 0.836. The highest BCUT2D eigenvalue weighted by Crippen LogP contribution is 2.34. The van der Waals surface area contributed by atoms with Crippen molar-refractivity contribution in [2.75, 3.05) is 20.3 Å². The van der Waals surface area contributed by atoms with Crippen LogP contribution in [0.2, 0.25) is 5.02 Å². The van der Waals surface area contributed by atoms with Gasteiger partial charge in [0.25, 0.3) is 5.91 Å². The first-order chi connectivity index (χ1) is 14.8.